The van der Waals surface area contributed by atoms with Gasteiger partial charge in [-0.3, -0.25) is 14.8 Å². The van der Waals surface area contributed by atoms with Gasteiger partial charge < -0.3 is 84.0 Å². The van der Waals surface area contributed by atoms with Gasteiger partial charge in [-0.05, 0) is 88.8 Å². The molecule has 2 saturated heterocycles. The number of carboxylic acid groups (broad SMARTS) is 1. The predicted octanol–water partition coefficient (Wildman–Crippen LogP) is 8.56. The summed E-state index contributed by atoms with van der Waals surface area (Å²) in [4.78, 5) is 54.7. The van der Waals surface area contributed by atoms with Crippen LogP contribution in [-0.4, -0.2) is 204 Å². The van der Waals surface area contributed by atoms with Gasteiger partial charge in [0.2, 0.25) is 17.8 Å². The van der Waals surface area contributed by atoms with Crippen molar-refractivity contribution in [3.8, 4) is 0 Å². The summed E-state index contributed by atoms with van der Waals surface area (Å²) < 4.78 is 54.2. The normalized spacial score (nSPS) is 13.4. The molecule has 0 spiro atoms. The number of aromatic nitrogens is 6. The van der Waals surface area contributed by atoms with Crippen LogP contribution in [0.15, 0.2) is 110 Å². The second-order valence-electron chi connectivity index (χ2n) is 22.5. The lowest BCUT2D eigenvalue weighted by molar-refractivity contribution is -0.142. The van der Waals surface area contributed by atoms with Crippen LogP contribution in [-0.2, 0) is 83.0 Å². The lowest BCUT2D eigenvalue weighted by Gasteiger charge is -2.31. The quantitative estimate of drug-likeness (QED) is 0.0226. The first kappa shape index (κ1) is 77.1. The molecule has 2 aromatic carbocycles. The molecule has 94 heavy (non-hydrogen) atoms. The number of anilines is 6. The minimum Gasteiger partial charge on any atom is -0.480 e. The first-order valence-corrected chi connectivity index (χ1v) is 32.0. The number of carbonyl (C=O) groups is 2. The number of pyridine rings is 2. The number of amides is 1. The Bertz CT molecular complexity index is 3000. The summed E-state index contributed by atoms with van der Waals surface area (Å²) in [6, 6.07) is 28.1. The fraction of sp³-hybridized carbons (Fsp3) is 0.536. The molecular weight excluding hydrogens is 1200 g/mol. The Morgan fingerprint density at radius 3 is 1.33 bits per heavy atom. The number of benzene rings is 2. The molecule has 4 aromatic heterocycles. The minimum atomic E-state index is -0.960. The molecule has 0 saturated carbocycles. The SMILES string of the molecule is C.COC1CCN(c2nccc(Cc3cc(NC(C)C)c(N)cn3)n2)CC1.COC1CCN(c2nccc(Cc3cc(NC(C)C)c(NC(=O)COCCOCCOCCOCCOCCOCc4ccccc4)cn3)n2)CC1.O=C(O)COCCOCc1ccccc1. The first-order chi connectivity index (χ1) is 45.3. The highest BCUT2D eigenvalue weighted by Crippen LogP contribution is 2.26. The van der Waals surface area contributed by atoms with Crippen molar-refractivity contribution < 1.29 is 62.1 Å². The lowest BCUT2D eigenvalue weighted by atomic mass is 10.1. The molecule has 0 aliphatic carbocycles. The van der Waals surface area contributed by atoms with E-state index in [9.17, 15) is 9.59 Å². The maximum Gasteiger partial charge on any atom is 0.329 e. The highest BCUT2D eigenvalue weighted by Gasteiger charge is 2.23. The predicted molar refractivity (Wildman–Crippen MR) is 365 cm³/mol. The van der Waals surface area contributed by atoms with Crippen molar-refractivity contribution in [3.63, 3.8) is 0 Å². The molecule has 8 rings (SSSR count). The van der Waals surface area contributed by atoms with E-state index in [0.29, 0.717) is 128 Å². The molecule has 1 amide bonds. The molecule has 6 N–H and O–H groups in total. The number of nitrogens with one attached hydrogen (secondary N) is 3. The third-order valence-corrected chi connectivity index (χ3v) is 14.3. The average Bonchev–Trinajstić information content (AvgIpc) is 1.04. The molecule has 0 bridgehead atoms. The van der Waals surface area contributed by atoms with E-state index in [0.717, 1.165) is 109 Å². The van der Waals surface area contributed by atoms with Crippen LogP contribution >= 0.6 is 0 Å². The molecule has 6 heterocycles. The van der Waals surface area contributed by atoms with Gasteiger partial charge in [0.15, 0.2) is 0 Å². The maximum atomic E-state index is 12.7. The number of carbonyl (C=O) groups excluding carboxylic acids is 1. The van der Waals surface area contributed by atoms with Gasteiger partial charge in [0.25, 0.3) is 0 Å². The minimum absolute atomic E-state index is 0. The van der Waals surface area contributed by atoms with E-state index in [4.69, 9.17) is 68.2 Å². The highest BCUT2D eigenvalue weighted by atomic mass is 16.6. The van der Waals surface area contributed by atoms with Gasteiger partial charge in [0.1, 0.15) is 13.2 Å². The van der Waals surface area contributed by atoms with Gasteiger partial charge in [0, 0.05) is 89.1 Å². The molecule has 0 radical (unpaired) electrons. The van der Waals surface area contributed by atoms with E-state index in [1.165, 1.54) is 0 Å². The van der Waals surface area contributed by atoms with Crippen LogP contribution in [0.3, 0.4) is 0 Å². The summed E-state index contributed by atoms with van der Waals surface area (Å²) >= 11 is 0. The van der Waals surface area contributed by atoms with Crippen LogP contribution in [0.1, 0.15) is 94.7 Å². The van der Waals surface area contributed by atoms with Crippen LogP contribution in [0.4, 0.5) is 34.6 Å². The smallest absolute Gasteiger partial charge is 0.329 e. The number of nitrogens with two attached hydrogens (primary N) is 1. The summed E-state index contributed by atoms with van der Waals surface area (Å²) in [6.45, 7) is 17.8. The van der Waals surface area contributed by atoms with E-state index < -0.39 is 5.97 Å². The van der Waals surface area contributed by atoms with Crippen LogP contribution in [0.25, 0.3) is 0 Å². The van der Waals surface area contributed by atoms with E-state index >= 15 is 0 Å². The fourth-order valence-electron chi connectivity index (χ4n) is 9.55. The number of ether oxygens (including phenoxy) is 10. The molecule has 6 aromatic rings. The molecule has 25 heteroatoms. The molecule has 2 aliphatic rings. The van der Waals surface area contributed by atoms with Crippen LogP contribution in [0.5, 0.6) is 0 Å². The highest BCUT2D eigenvalue weighted by molar-refractivity contribution is 5.94. The Kier molecular flexibility index (Phi) is 37.5. The zero-order chi connectivity index (χ0) is 66.1. The maximum absolute atomic E-state index is 12.7. The van der Waals surface area contributed by atoms with Gasteiger partial charge in [-0.25, -0.2) is 24.7 Å². The number of hydrogen-bond acceptors (Lipinski definition) is 23. The number of nitrogen functional groups attached to an aromatic ring is 1. The first-order valence-electron chi connectivity index (χ1n) is 32.0. The monoisotopic (exact) mass is 1310 g/mol. The third-order valence-electron chi connectivity index (χ3n) is 14.3. The number of nitrogens with zero attached hydrogens (tertiary/aromatic N) is 8. The number of rotatable bonds is 39. The van der Waals surface area contributed by atoms with E-state index in [-0.39, 0.29) is 39.2 Å². The molecular formula is C69H102N12O13. The van der Waals surface area contributed by atoms with E-state index in [1.807, 2.05) is 105 Å². The fourth-order valence-corrected chi connectivity index (χ4v) is 9.55. The topological polar surface area (TPSA) is 293 Å². The van der Waals surface area contributed by atoms with Crippen molar-refractivity contribution in [2.75, 3.05) is 164 Å². The van der Waals surface area contributed by atoms with E-state index in [1.54, 1.807) is 32.8 Å². The average molecular weight is 1310 g/mol. The molecule has 2 aliphatic heterocycles. The molecule has 0 unspecified atom stereocenters. The zero-order valence-corrected chi connectivity index (χ0v) is 55.1. The summed E-state index contributed by atoms with van der Waals surface area (Å²) in [6.07, 6.45) is 12.8. The zero-order valence-electron chi connectivity index (χ0n) is 55.1. The summed E-state index contributed by atoms with van der Waals surface area (Å²) in [5.74, 6) is 0.279. The summed E-state index contributed by atoms with van der Waals surface area (Å²) in [7, 11) is 3.54. The Balaban J connectivity index is 0.000000312. The Labute approximate surface area is 555 Å². The summed E-state index contributed by atoms with van der Waals surface area (Å²) in [5, 5.41) is 18.0. The Morgan fingerprint density at radius 2 is 0.904 bits per heavy atom. The Morgan fingerprint density at radius 1 is 0.511 bits per heavy atom. The van der Waals surface area contributed by atoms with Crippen molar-refractivity contribution >= 4 is 46.5 Å². The molecule has 516 valence electrons. The lowest BCUT2D eigenvalue weighted by Crippen LogP contribution is -2.37. The number of piperidine rings is 2. The van der Waals surface area contributed by atoms with Crippen LogP contribution < -0.4 is 31.5 Å². The van der Waals surface area contributed by atoms with E-state index in [2.05, 4.69) is 59.5 Å². The number of aliphatic carboxylic acids is 1. The van der Waals surface area contributed by atoms with Gasteiger partial charge in [0.05, 0.1) is 151 Å². The number of hydrogen-bond donors (Lipinski definition) is 5. The van der Waals surface area contributed by atoms with Gasteiger partial charge in [-0.2, -0.15) is 0 Å². The van der Waals surface area contributed by atoms with Crippen molar-refractivity contribution in [3.05, 3.63) is 144 Å². The van der Waals surface area contributed by atoms with Crippen LogP contribution in [0.2, 0.25) is 0 Å². The Hall–Kier alpha value is -7.56. The second kappa shape index (κ2) is 45.7. The molecule has 0 atom stereocenters. The second-order valence-corrected chi connectivity index (χ2v) is 22.5. The molecule has 25 nitrogen and oxygen atoms in total. The van der Waals surface area contributed by atoms with Crippen molar-refractivity contribution in [1.29, 1.82) is 0 Å². The van der Waals surface area contributed by atoms with Crippen molar-refractivity contribution in [2.24, 2.45) is 0 Å². The van der Waals surface area contributed by atoms with Crippen molar-refractivity contribution in [2.45, 2.75) is 111 Å². The summed E-state index contributed by atoms with van der Waals surface area (Å²) in [5.41, 5.74) is 14.8. The largest absolute Gasteiger partial charge is 0.480 e. The number of methoxy groups -OCH3 is 2. The van der Waals surface area contributed by atoms with Gasteiger partial charge >= 0.3 is 5.97 Å². The number of carboxylic acids is 1. The molecule has 2 fully saturated rings. The van der Waals surface area contributed by atoms with Gasteiger partial charge in [-0.15, -0.1) is 0 Å². The standard InChI is InChI=1S/C38H56N6O8.C19H28N6O.C11H14O4.CH4/c1-30(2)41-35-26-33(25-32-9-12-39-38(42-32)44-13-10-34(46-3)11-14-44)40-27-36(35)43-37(45)29-52-24-22-50-20-18-48-16-15-47-17-19-49-21-23-51-28-31-7-5-4-6-8-31;1-13(2)23-18-11-15(22-12-17(18)20)10-14-4-7-21-19(24-14)25-8-5-16(26-3)6-9-25;12-11(13)9-15-7-6-14-8-10-4-2-1-3-5-10;/h4-9,12,26-27,30,34H,10-11,13-25,28-29H2,1-3H3,(H,40,41)(H,43,45);4,7,11-13,16H,5-6,8-10,20H2,1-3H3,(H,22,23);1-5H,6-9H2,(H,12,13);1H4. The third kappa shape index (κ3) is 31.6. The van der Waals surface area contributed by atoms with Gasteiger partial charge in [-0.1, -0.05) is 68.1 Å². The van der Waals surface area contributed by atoms with Crippen LogP contribution in [0, 0.1) is 0 Å². The van der Waals surface area contributed by atoms with Crippen molar-refractivity contribution in [1.82, 2.24) is 29.9 Å².